The Labute approximate surface area is 168 Å². The first kappa shape index (κ1) is 23.2. The maximum Gasteiger partial charge on any atom is 0.163 e. The Kier molecular flexibility index (Phi) is 11.6. The van der Waals surface area contributed by atoms with Crippen LogP contribution >= 0.6 is 0 Å². The minimum absolute atomic E-state index is 0.00192. The Morgan fingerprint density at radius 3 is 1.86 bits per heavy atom. The fourth-order valence-corrected chi connectivity index (χ4v) is 2.60. The summed E-state index contributed by atoms with van der Waals surface area (Å²) in [5.41, 5.74) is 1.17. The van der Waals surface area contributed by atoms with Crippen LogP contribution in [-0.4, -0.2) is 78.0 Å². The molecule has 0 spiro atoms. The van der Waals surface area contributed by atoms with E-state index in [1.54, 1.807) is 0 Å². The van der Waals surface area contributed by atoms with E-state index in [1.807, 2.05) is 44.2 Å². The molecule has 1 aliphatic heterocycles. The normalized spacial score (nSPS) is 18.6. The Hall–Kier alpha value is -1.06. The zero-order valence-electron chi connectivity index (χ0n) is 17.1. The number of rotatable bonds is 16. The SMILES string of the molecule is CC1(C)OC[C@@H](COCCOCCOCCOCCOCc2ccccc2)O1. The second kappa shape index (κ2) is 14.0. The van der Waals surface area contributed by atoms with Crippen molar-refractivity contribution in [3.63, 3.8) is 0 Å². The summed E-state index contributed by atoms with van der Waals surface area (Å²) in [4.78, 5) is 0. The first-order valence-electron chi connectivity index (χ1n) is 9.90. The second-order valence-corrected chi connectivity index (χ2v) is 6.90. The van der Waals surface area contributed by atoms with Gasteiger partial charge in [0, 0.05) is 0 Å². The van der Waals surface area contributed by atoms with Crippen molar-refractivity contribution in [3.8, 4) is 0 Å². The molecular formula is C21H34O7. The summed E-state index contributed by atoms with van der Waals surface area (Å²) >= 11 is 0. The Morgan fingerprint density at radius 2 is 1.32 bits per heavy atom. The fourth-order valence-electron chi connectivity index (χ4n) is 2.60. The number of hydrogen-bond donors (Lipinski definition) is 0. The highest BCUT2D eigenvalue weighted by Crippen LogP contribution is 2.22. The topological polar surface area (TPSA) is 64.6 Å². The maximum atomic E-state index is 5.65. The molecule has 2 rings (SSSR count). The molecule has 7 heteroatoms. The van der Waals surface area contributed by atoms with Crippen LogP contribution in [0.15, 0.2) is 30.3 Å². The van der Waals surface area contributed by atoms with Crippen molar-refractivity contribution in [2.24, 2.45) is 0 Å². The van der Waals surface area contributed by atoms with E-state index in [0.717, 1.165) is 0 Å². The smallest absolute Gasteiger partial charge is 0.163 e. The van der Waals surface area contributed by atoms with Crippen molar-refractivity contribution in [1.29, 1.82) is 0 Å². The van der Waals surface area contributed by atoms with Gasteiger partial charge in [0.25, 0.3) is 0 Å². The van der Waals surface area contributed by atoms with Crippen LogP contribution in [0.1, 0.15) is 19.4 Å². The van der Waals surface area contributed by atoms with Crippen LogP contribution in [0.4, 0.5) is 0 Å². The third kappa shape index (κ3) is 11.1. The molecule has 0 aliphatic carbocycles. The second-order valence-electron chi connectivity index (χ2n) is 6.90. The van der Waals surface area contributed by atoms with E-state index in [2.05, 4.69) is 0 Å². The number of hydrogen-bond acceptors (Lipinski definition) is 7. The summed E-state index contributed by atoms with van der Waals surface area (Å²) in [6.07, 6.45) is 0.00192. The lowest BCUT2D eigenvalue weighted by atomic mass is 10.2. The van der Waals surface area contributed by atoms with Crippen LogP contribution in [0.5, 0.6) is 0 Å². The van der Waals surface area contributed by atoms with Crippen molar-refractivity contribution in [3.05, 3.63) is 35.9 Å². The lowest BCUT2D eigenvalue weighted by molar-refractivity contribution is -0.145. The van der Waals surface area contributed by atoms with Crippen molar-refractivity contribution >= 4 is 0 Å². The summed E-state index contributed by atoms with van der Waals surface area (Å²) < 4.78 is 38.6. The molecule has 1 heterocycles. The van der Waals surface area contributed by atoms with Gasteiger partial charge >= 0.3 is 0 Å². The third-order valence-electron chi connectivity index (χ3n) is 3.97. The predicted molar refractivity (Wildman–Crippen MR) is 104 cm³/mol. The molecule has 0 unspecified atom stereocenters. The van der Waals surface area contributed by atoms with Crippen molar-refractivity contribution in [2.45, 2.75) is 32.3 Å². The molecule has 1 aromatic carbocycles. The fraction of sp³-hybridized carbons (Fsp3) is 0.714. The minimum atomic E-state index is -0.499. The lowest BCUT2D eigenvalue weighted by Gasteiger charge is -2.17. The van der Waals surface area contributed by atoms with Crippen molar-refractivity contribution < 1.29 is 33.2 Å². The van der Waals surface area contributed by atoms with E-state index in [4.69, 9.17) is 33.2 Å². The zero-order valence-corrected chi connectivity index (χ0v) is 17.1. The van der Waals surface area contributed by atoms with Crippen LogP contribution in [0.25, 0.3) is 0 Å². The summed E-state index contributed by atoms with van der Waals surface area (Å²) in [7, 11) is 0. The highest BCUT2D eigenvalue weighted by atomic mass is 16.7. The number of benzene rings is 1. The van der Waals surface area contributed by atoms with Crippen LogP contribution in [0.3, 0.4) is 0 Å². The quantitative estimate of drug-likeness (QED) is 0.396. The zero-order chi connectivity index (χ0) is 19.9. The molecule has 1 atom stereocenters. The average molecular weight is 398 g/mol. The third-order valence-corrected chi connectivity index (χ3v) is 3.97. The van der Waals surface area contributed by atoms with E-state index in [0.29, 0.717) is 72.7 Å². The van der Waals surface area contributed by atoms with E-state index < -0.39 is 5.79 Å². The van der Waals surface area contributed by atoms with Crippen LogP contribution < -0.4 is 0 Å². The van der Waals surface area contributed by atoms with Crippen LogP contribution in [0.2, 0.25) is 0 Å². The molecule has 0 bridgehead atoms. The van der Waals surface area contributed by atoms with E-state index in [9.17, 15) is 0 Å². The molecule has 1 fully saturated rings. The number of ether oxygens (including phenoxy) is 7. The molecule has 0 N–H and O–H groups in total. The van der Waals surface area contributed by atoms with E-state index in [1.165, 1.54) is 5.56 Å². The Balaban J connectivity index is 1.25. The van der Waals surface area contributed by atoms with Crippen molar-refractivity contribution in [1.82, 2.24) is 0 Å². The highest BCUT2D eigenvalue weighted by Gasteiger charge is 2.32. The molecule has 160 valence electrons. The maximum absolute atomic E-state index is 5.65. The molecule has 7 nitrogen and oxygen atoms in total. The van der Waals surface area contributed by atoms with E-state index in [-0.39, 0.29) is 6.10 Å². The summed E-state index contributed by atoms with van der Waals surface area (Å²) in [6, 6.07) is 10.1. The molecule has 28 heavy (non-hydrogen) atoms. The van der Waals surface area contributed by atoms with Gasteiger partial charge in [-0.25, -0.2) is 0 Å². The first-order valence-corrected chi connectivity index (χ1v) is 9.90. The van der Waals surface area contributed by atoms with Gasteiger partial charge in [0.15, 0.2) is 5.79 Å². The predicted octanol–water partition coefficient (Wildman–Crippen LogP) is 2.42. The molecule has 0 saturated carbocycles. The molecule has 1 aliphatic rings. The van der Waals surface area contributed by atoms with Gasteiger partial charge in [0.05, 0.1) is 72.7 Å². The van der Waals surface area contributed by atoms with Gasteiger partial charge in [-0.15, -0.1) is 0 Å². The van der Waals surface area contributed by atoms with Crippen LogP contribution in [-0.2, 0) is 39.8 Å². The average Bonchev–Trinajstić information content (AvgIpc) is 3.04. The molecule has 1 saturated heterocycles. The van der Waals surface area contributed by atoms with Gasteiger partial charge in [-0.3, -0.25) is 0 Å². The first-order chi connectivity index (χ1) is 13.7. The largest absolute Gasteiger partial charge is 0.377 e. The van der Waals surface area contributed by atoms with Gasteiger partial charge < -0.3 is 33.2 Å². The highest BCUT2D eigenvalue weighted by molar-refractivity contribution is 5.13. The standard InChI is InChI=1S/C21H34O7/c1-21(2)27-18-20(28-21)17-26-15-13-24-11-9-22-8-10-23-12-14-25-16-19-6-4-3-5-7-19/h3-7,20H,8-18H2,1-2H3/t20-/m1/s1. The summed E-state index contributed by atoms with van der Waals surface area (Å²) in [5.74, 6) is -0.499. The summed E-state index contributed by atoms with van der Waals surface area (Å²) in [5, 5.41) is 0. The minimum Gasteiger partial charge on any atom is -0.377 e. The molecule has 0 amide bonds. The lowest BCUT2D eigenvalue weighted by Crippen LogP contribution is -2.24. The summed E-state index contributed by atoms with van der Waals surface area (Å²) in [6.45, 7) is 9.92. The van der Waals surface area contributed by atoms with Gasteiger partial charge in [-0.1, -0.05) is 30.3 Å². The Bertz CT molecular complexity index is 495. The monoisotopic (exact) mass is 398 g/mol. The van der Waals surface area contributed by atoms with Crippen LogP contribution in [0, 0.1) is 0 Å². The molecule has 1 aromatic rings. The van der Waals surface area contributed by atoms with Crippen molar-refractivity contribution in [2.75, 3.05) is 66.1 Å². The van der Waals surface area contributed by atoms with Gasteiger partial charge in [0.1, 0.15) is 6.10 Å². The van der Waals surface area contributed by atoms with Gasteiger partial charge in [0.2, 0.25) is 0 Å². The Morgan fingerprint density at radius 1 is 0.786 bits per heavy atom. The van der Waals surface area contributed by atoms with Gasteiger partial charge in [-0.05, 0) is 19.4 Å². The molecular weight excluding hydrogens is 364 g/mol. The molecule has 0 aromatic heterocycles. The molecule has 0 radical (unpaired) electrons. The van der Waals surface area contributed by atoms with E-state index >= 15 is 0 Å². The van der Waals surface area contributed by atoms with Gasteiger partial charge in [-0.2, -0.15) is 0 Å².